The molecule has 0 aliphatic carbocycles. The molecule has 0 amide bonds. The fraction of sp³-hybridized carbons (Fsp3) is 0.238. The minimum atomic E-state index is -1.37. The van der Waals surface area contributed by atoms with Gasteiger partial charge in [0.15, 0.2) is 0 Å². The SMILES string of the molecule is Cc1cc(C)cc(C#Cc2ccccc2C#C[Si](C)(C)C)c1. The molecule has 0 bridgehead atoms. The molecule has 1 heteroatoms. The summed E-state index contributed by atoms with van der Waals surface area (Å²) in [5.41, 5.74) is 9.01. The van der Waals surface area contributed by atoms with Gasteiger partial charge in [-0.15, -0.1) is 5.54 Å². The molecule has 0 fully saturated rings. The highest BCUT2D eigenvalue weighted by molar-refractivity contribution is 6.83. The van der Waals surface area contributed by atoms with Crippen molar-refractivity contribution in [3.05, 3.63) is 70.3 Å². The highest BCUT2D eigenvalue weighted by Crippen LogP contribution is 2.10. The van der Waals surface area contributed by atoms with Crippen molar-refractivity contribution in [2.75, 3.05) is 0 Å². The molecule has 0 radical (unpaired) electrons. The molecule has 0 aliphatic rings. The van der Waals surface area contributed by atoms with Gasteiger partial charge >= 0.3 is 0 Å². The third-order valence-electron chi connectivity index (χ3n) is 3.06. The molecule has 22 heavy (non-hydrogen) atoms. The number of hydrogen-bond donors (Lipinski definition) is 0. The second-order valence-electron chi connectivity index (χ2n) is 6.67. The topological polar surface area (TPSA) is 0 Å². The lowest BCUT2D eigenvalue weighted by molar-refractivity contribution is 1.37. The molecule has 110 valence electrons. The van der Waals surface area contributed by atoms with Crippen LogP contribution in [-0.4, -0.2) is 8.07 Å². The van der Waals surface area contributed by atoms with E-state index in [1.54, 1.807) is 0 Å². The van der Waals surface area contributed by atoms with Gasteiger partial charge < -0.3 is 0 Å². The number of benzene rings is 2. The molecule has 0 heterocycles. The number of rotatable bonds is 0. The fourth-order valence-electron chi connectivity index (χ4n) is 2.14. The van der Waals surface area contributed by atoms with Crippen molar-refractivity contribution in [3.63, 3.8) is 0 Å². The molecule has 0 atom stereocenters. The van der Waals surface area contributed by atoms with Gasteiger partial charge in [0.05, 0.1) is 0 Å². The van der Waals surface area contributed by atoms with Gasteiger partial charge in [0, 0.05) is 16.7 Å². The second kappa shape index (κ2) is 6.69. The first-order valence-corrected chi connectivity index (χ1v) is 11.1. The van der Waals surface area contributed by atoms with E-state index in [1.165, 1.54) is 11.1 Å². The molecule has 0 saturated carbocycles. The zero-order chi connectivity index (χ0) is 16.2. The van der Waals surface area contributed by atoms with Crippen molar-refractivity contribution < 1.29 is 0 Å². The monoisotopic (exact) mass is 302 g/mol. The van der Waals surface area contributed by atoms with Crippen LogP contribution in [0, 0.1) is 37.2 Å². The maximum atomic E-state index is 3.42. The summed E-state index contributed by atoms with van der Waals surface area (Å²) >= 11 is 0. The first kappa shape index (κ1) is 16.2. The van der Waals surface area contributed by atoms with Crippen LogP contribution in [0.15, 0.2) is 42.5 Å². The molecule has 0 unspecified atom stereocenters. The van der Waals surface area contributed by atoms with Crippen LogP contribution >= 0.6 is 0 Å². The summed E-state index contributed by atoms with van der Waals surface area (Å²) in [6, 6.07) is 14.6. The third kappa shape index (κ3) is 4.96. The van der Waals surface area contributed by atoms with E-state index in [4.69, 9.17) is 0 Å². The Hall–Kier alpha value is -2.22. The Morgan fingerprint density at radius 3 is 1.82 bits per heavy atom. The van der Waals surface area contributed by atoms with E-state index >= 15 is 0 Å². The first-order valence-electron chi connectivity index (χ1n) is 7.56. The van der Waals surface area contributed by atoms with Gasteiger partial charge in [-0.1, -0.05) is 55.6 Å². The van der Waals surface area contributed by atoms with Crippen molar-refractivity contribution >= 4 is 8.07 Å². The molecule has 0 saturated heterocycles. The Morgan fingerprint density at radius 1 is 0.727 bits per heavy atom. The Morgan fingerprint density at radius 2 is 1.27 bits per heavy atom. The predicted octanol–water partition coefficient (Wildman–Crippen LogP) is 4.93. The van der Waals surface area contributed by atoms with Crippen molar-refractivity contribution in [1.82, 2.24) is 0 Å². The molecule has 0 aliphatic heterocycles. The van der Waals surface area contributed by atoms with E-state index in [0.29, 0.717) is 0 Å². The molecular formula is C21H22Si. The molecule has 0 N–H and O–H groups in total. The van der Waals surface area contributed by atoms with Gasteiger partial charge in [-0.2, -0.15) is 0 Å². The van der Waals surface area contributed by atoms with E-state index in [1.807, 2.05) is 18.2 Å². The van der Waals surface area contributed by atoms with Crippen LogP contribution in [0.4, 0.5) is 0 Å². The largest absolute Gasteiger partial charge is 0.129 e. The van der Waals surface area contributed by atoms with Gasteiger partial charge in [-0.25, -0.2) is 0 Å². The lowest BCUT2D eigenvalue weighted by Gasteiger charge is -2.04. The predicted molar refractivity (Wildman–Crippen MR) is 98.6 cm³/mol. The van der Waals surface area contributed by atoms with Gasteiger partial charge in [-0.3, -0.25) is 0 Å². The van der Waals surface area contributed by atoms with E-state index in [-0.39, 0.29) is 0 Å². The zero-order valence-corrected chi connectivity index (χ0v) is 15.0. The second-order valence-corrected chi connectivity index (χ2v) is 11.4. The smallest absolute Gasteiger partial charge is 0.127 e. The van der Waals surface area contributed by atoms with Crippen molar-refractivity contribution in [2.24, 2.45) is 0 Å². The maximum Gasteiger partial charge on any atom is 0.129 e. The number of aryl methyl sites for hydroxylation is 2. The molecule has 2 aromatic rings. The first-order chi connectivity index (χ1) is 10.3. The minimum Gasteiger partial charge on any atom is -0.127 e. The van der Waals surface area contributed by atoms with Crippen LogP contribution in [-0.2, 0) is 0 Å². The summed E-state index contributed by atoms with van der Waals surface area (Å²) in [6.07, 6.45) is 0. The Kier molecular flexibility index (Phi) is 4.91. The minimum absolute atomic E-state index is 1.01. The van der Waals surface area contributed by atoms with Crippen LogP contribution in [0.5, 0.6) is 0 Å². The van der Waals surface area contributed by atoms with Gasteiger partial charge in [0.25, 0.3) is 0 Å². The highest BCUT2D eigenvalue weighted by atomic mass is 28.3. The highest BCUT2D eigenvalue weighted by Gasteiger charge is 2.07. The summed E-state index contributed by atoms with van der Waals surface area (Å²) in [4.78, 5) is 0. The third-order valence-corrected chi connectivity index (χ3v) is 3.94. The molecule has 2 aromatic carbocycles. The van der Waals surface area contributed by atoms with Crippen LogP contribution in [0.25, 0.3) is 0 Å². The van der Waals surface area contributed by atoms with Crippen molar-refractivity contribution in [2.45, 2.75) is 33.5 Å². The van der Waals surface area contributed by atoms with E-state index in [2.05, 4.69) is 81.1 Å². The molecule has 0 spiro atoms. The van der Waals surface area contributed by atoms with Crippen LogP contribution in [0.2, 0.25) is 19.6 Å². The van der Waals surface area contributed by atoms with E-state index in [9.17, 15) is 0 Å². The lowest BCUT2D eigenvalue weighted by Crippen LogP contribution is -2.16. The molecular weight excluding hydrogens is 280 g/mol. The fourth-order valence-corrected chi connectivity index (χ4v) is 2.65. The van der Waals surface area contributed by atoms with Crippen molar-refractivity contribution in [3.8, 4) is 23.3 Å². The summed E-state index contributed by atoms with van der Waals surface area (Å²) < 4.78 is 0. The summed E-state index contributed by atoms with van der Waals surface area (Å²) in [5.74, 6) is 9.88. The quantitative estimate of drug-likeness (QED) is 0.478. The van der Waals surface area contributed by atoms with Gasteiger partial charge in [0.2, 0.25) is 0 Å². The summed E-state index contributed by atoms with van der Waals surface area (Å²) in [6.45, 7) is 11.0. The average Bonchev–Trinajstić information content (AvgIpc) is 2.42. The molecule has 2 rings (SSSR count). The maximum absolute atomic E-state index is 3.42. The molecule has 0 nitrogen and oxygen atoms in total. The lowest BCUT2D eigenvalue weighted by atomic mass is 10.1. The Bertz CT molecular complexity index is 779. The average molecular weight is 302 g/mol. The van der Waals surface area contributed by atoms with Gasteiger partial charge in [0.1, 0.15) is 8.07 Å². The zero-order valence-electron chi connectivity index (χ0n) is 14.0. The van der Waals surface area contributed by atoms with E-state index < -0.39 is 8.07 Å². The Balaban J connectivity index is 2.39. The van der Waals surface area contributed by atoms with Gasteiger partial charge in [-0.05, 0) is 49.2 Å². The van der Waals surface area contributed by atoms with Crippen molar-refractivity contribution in [1.29, 1.82) is 0 Å². The van der Waals surface area contributed by atoms with Crippen LogP contribution in [0.3, 0.4) is 0 Å². The summed E-state index contributed by atoms with van der Waals surface area (Å²) in [7, 11) is -1.37. The van der Waals surface area contributed by atoms with Crippen LogP contribution in [0.1, 0.15) is 27.8 Å². The molecule has 0 aromatic heterocycles. The normalized spacial score (nSPS) is 10.2. The Labute approximate surface area is 135 Å². The summed E-state index contributed by atoms with van der Waals surface area (Å²) in [5, 5.41) is 0. The number of hydrogen-bond acceptors (Lipinski definition) is 0. The van der Waals surface area contributed by atoms with Crippen LogP contribution < -0.4 is 0 Å². The van der Waals surface area contributed by atoms with E-state index in [0.717, 1.165) is 16.7 Å². The standard InChI is InChI=1S/C21H22Si/c1-17-14-18(2)16-19(15-17)10-11-20-8-6-7-9-21(20)12-13-22(3,4)5/h6-9,14-16H,1-5H3.